The van der Waals surface area contributed by atoms with Crippen LogP contribution in [-0.2, 0) is 28.5 Å². The number of carbonyl (C=O) groups is 2. The van der Waals surface area contributed by atoms with Crippen LogP contribution in [-0.4, -0.2) is 90.1 Å². The highest BCUT2D eigenvalue weighted by atomic mass is 16.6. The summed E-state index contributed by atoms with van der Waals surface area (Å²) in [6.07, 6.45) is -0.282. The van der Waals surface area contributed by atoms with Crippen molar-refractivity contribution in [3.8, 4) is 0 Å². The zero-order chi connectivity index (χ0) is 22.5. The number of ether oxygens (including phenoxy) is 5. The second-order valence-corrected chi connectivity index (χ2v) is 6.93. The lowest BCUT2D eigenvalue weighted by Crippen LogP contribution is -2.38. The number of carbonyl (C=O) groups excluding carboxylic acids is 2. The fourth-order valence-electron chi connectivity index (χ4n) is 1.85. The Morgan fingerprint density at radius 3 is 1.87 bits per heavy atom. The van der Waals surface area contributed by atoms with Crippen LogP contribution in [0.5, 0.6) is 0 Å². The van der Waals surface area contributed by atoms with Crippen LogP contribution in [0.25, 0.3) is 10.4 Å². The minimum absolute atomic E-state index is 0.156. The normalized spacial score (nSPS) is 10.9. The summed E-state index contributed by atoms with van der Waals surface area (Å²) in [6.45, 7) is 9.49. The molecule has 0 saturated heterocycles. The molecule has 0 bridgehead atoms. The summed E-state index contributed by atoms with van der Waals surface area (Å²) in [5.74, 6) is -0.156. The van der Waals surface area contributed by atoms with Crippen LogP contribution >= 0.6 is 0 Å². The van der Waals surface area contributed by atoms with Crippen molar-refractivity contribution in [2.45, 2.75) is 32.8 Å². The van der Waals surface area contributed by atoms with Crippen LogP contribution < -0.4 is 10.6 Å². The molecule has 0 fully saturated rings. The molecular weight excluding hydrogens is 398 g/mol. The van der Waals surface area contributed by atoms with E-state index in [-0.39, 0.29) is 12.3 Å². The molecule has 12 heteroatoms. The van der Waals surface area contributed by atoms with Gasteiger partial charge in [0.05, 0.1) is 52.9 Å². The van der Waals surface area contributed by atoms with E-state index in [9.17, 15) is 9.59 Å². The van der Waals surface area contributed by atoms with Gasteiger partial charge in [0.25, 0.3) is 0 Å². The molecule has 0 atom stereocenters. The van der Waals surface area contributed by atoms with Gasteiger partial charge in [0, 0.05) is 31.0 Å². The highest BCUT2D eigenvalue weighted by Crippen LogP contribution is 2.05. The van der Waals surface area contributed by atoms with Gasteiger partial charge in [0.2, 0.25) is 5.91 Å². The van der Waals surface area contributed by atoms with E-state index >= 15 is 0 Å². The molecule has 0 heterocycles. The smallest absolute Gasteiger partial charge is 0.407 e. The van der Waals surface area contributed by atoms with Crippen LogP contribution in [0.15, 0.2) is 5.11 Å². The van der Waals surface area contributed by atoms with Gasteiger partial charge >= 0.3 is 6.09 Å². The fourth-order valence-corrected chi connectivity index (χ4v) is 1.85. The van der Waals surface area contributed by atoms with Crippen molar-refractivity contribution < 1.29 is 33.3 Å². The Balaban J connectivity index is 3.30. The molecule has 0 saturated carbocycles. The molecule has 0 spiro atoms. The van der Waals surface area contributed by atoms with Gasteiger partial charge in [-0.3, -0.25) is 4.79 Å². The highest BCUT2D eigenvalue weighted by Gasteiger charge is 2.15. The average Bonchev–Trinajstić information content (AvgIpc) is 2.67. The number of nitrogens with one attached hydrogen (secondary N) is 2. The molecule has 0 aromatic rings. The first-order valence-electron chi connectivity index (χ1n) is 9.90. The molecule has 0 aromatic heterocycles. The first-order valence-corrected chi connectivity index (χ1v) is 9.90. The SMILES string of the molecule is CC(C)(C)OC(=O)NCCNC(=O)CCOCCOCCOCCOCCN=[N+]=[N-]. The standard InChI is InChI=1S/C18H35N5O7/c1-18(2,3)30-17(25)21-6-5-20-16(24)4-8-26-10-12-28-14-15-29-13-11-27-9-7-22-23-19/h4-15H2,1-3H3,(H,20,24)(H,21,25). The van der Waals surface area contributed by atoms with Crippen LogP contribution in [0.2, 0.25) is 0 Å². The van der Waals surface area contributed by atoms with Crippen molar-refractivity contribution >= 4 is 12.0 Å². The number of alkyl carbamates (subject to hydrolysis) is 1. The van der Waals surface area contributed by atoms with E-state index in [1.807, 2.05) is 0 Å². The van der Waals surface area contributed by atoms with Gasteiger partial charge in [-0.2, -0.15) is 0 Å². The molecule has 0 rings (SSSR count). The number of rotatable bonds is 18. The van der Waals surface area contributed by atoms with Gasteiger partial charge in [-0.05, 0) is 26.3 Å². The van der Waals surface area contributed by atoms with E-state index in [0.29, 0.717) is 72.5 Å². The zero-order valence-corrected chi connectivity index (χ0v) is 18.2. The van der Waals surface area contributed by atoms with Crippen molar-refractivity contribution in [2.75, 3.05) is 72.5 Å². The van der Waals surface area contributed by atoms with Crippen LogP contribution in [0.1, 0.15) is 27.2 Å². The molecule has 0 unspecified atom stereocenters. The molecule has 2 amide bonds. The largest absolute Gasteiger partial charge is 0.444 e. The van der Waals surface area contributed by atoms with E-state index in [1.165, 1.54) is 0 Å². The molecule has 0 aliphatic rings. The molecule has 0 aliphatic heterocycles. The number of hydrogen-bond acceptors (Lipinski definition) is 8. The maximum atomic E-state index is 11.6. The molecule has 0 aromatic carbocycles. The molecule has 2 N–H and O–H groups in total. The summed E-state index contributed by atoms with van der Waals surface area (Å²) in [7, 11) is 0. The van der Waals surface area contributed by atoms with E-state index in [1.54, 1.807) is 20.8 Å². The topological polar surface area (TPSA) is 153 Å². The second-order valence-electron chi connectivity index (χ2n) is 6.93. The predicted octanol–water partition coefficient (Wildman–Crippen LogP) is 1.39. The van der Waals surface area contributed by atoms with Crippen molar-refractivity contribution in [2.24, 2.45) is 5.11 Å². The Hall–Kier alpha value is -2.11. The molecule has 30 heavy (non-hydrogen) atoms. The summed E-state index contributed by atoms with van der Waals surface area (Å²) >= 11 is 0. The fraction of sp³-hybridized carbons (Fsp3) is 0.889. The summed E-state index contributed by atoms with van der Waals surface area (Å²) in [4.78, 5) is 25.7. The summed E-state index contributed by atoms with van der Waals surface area (Å²) in [5, 5.41) is 8.59. The third kappa shape index (κ3) is 22.2. The lowest BCUT2D eigenvalue weighted by molar-refractivity contribution is -0.122. The minimum atomic E-state index is -0.550. The van der Waals surface area contributed by atoms with Crippen molar-refractivity contribution in [3.63, 3.8) is 0 Å². The first kappa shape index (κ1) is 27.9. The number of amides is 2. The minimum Gasteiger partial charge on any atom is -0.444 e. The van der Waals surface area contributed by atoms with Gasteiger partial charge in [-0.15, -0.1) is 0 Å². The van der Waals surface area contributed by atoms with Crippen molar-refractivity contribution in [3.05, 3.63) is 10.4 Å². The highest BCUT2D eigenvalue weighted by molar-refractivity contribution is 5.76. The monoisotopic (exact) mass is 433 g/mol. The first-order chi connectivity index (χ1) is 14.3. The summed E-state index contributed by atoms with van der Waals surface area (Å²) in [5.41, 5.74) is 7.54. The lowest BCUT2D eigenvalue weighted by Gasteiger charge is -2.19. The van der Waals surface area contributed by atoms with Crippen molar-refractivity contribution in [1.29, 1.82) is 0 Å². The van der Waals surface area contributed by atoms with E-state index in [2.05, 4.69) is 20.7 Å². The van der Waals surface area contributed by atoms with Gasteiger partial charge in [-0.1, -0.05) is 5.11 Å². The number of hydrogen-bond donors (Lipinski definition) is 2. The van der Waals surface area contributed by atoms with Gasteiger partial charge < -0.3 is 34.3 Å². The van der Waals surface area contributed by atoms with Gasteiger partial charge in [0.15, 0.2) is 0 Å². The molecule has 0 aliphatic carbocycles. The Bertz CT molecular complexity index is 508. The zero-order valence-electron chi connectivity index (χ0n) is 18.2. The van der Waals surface area contributed by atoms with E-state index in [4.69, 9.17) is 29.2 Å². The molecule has 174 valence electrons. The van der Waals surface area contributed by atoms with E-state index in [0.717, 1.165) is 0 Å². The second kappa shape index (κ2) is 18.9. The Morgan fingerprint density at radius 1 is 0.833 bits per heavy atom. The van der Waals surface area contributed by atoms with Crippen molar-refractivity contribution in [1.82, 2.24) is 10.6 Å². The number of azide groups is 1. The maximum absolute atomic E-state index is 11.6. The van der Waals surface area contributed by atoms with Crippen LogP contribution in [0.4, 0.5) is 4.79 Å². The predicted molar refractivity (Wildman–Crippen MR) is 109 cm³/mol. The van der Waals surface area contributed by atoms with Gasteiger partial charge in [0.1, 0.15) is 5.60 Å². The molecule has 12 nitrogen and oxygen atoms in total. The quantitative estimate of drug-likeness (QED) is 0.143. The number of nitrogens with zero attached hydrogens (tertiary/aromatic N) is 3. The lowest BCUT2D eigenvalue weighted by atomic mass is 10.2. The van der Waals surface area contributed by atoms with E-state index < -0.39 is 11.7 Å². The van der Waals surface area contributed by atoms with Gasteiger partial charge in [-0.25, -0.2) is 4.79 Å². The van der Waals surface area contributed by atoms with Crippen LogP contribution in [0, 0.1) is 0 Å². The Labute approximate surface area is 177 Å². The Morgan fingerprint density at radius 2 is 1.33 bits per heavy atom. The molecule has 0 radical (unpaired) electrons. The summed E-state index contributed by atoms with van der Waals surface area (Å²) in [6, 6.07) is 0. The van der Waals surface area contributed by atoms with Crippen LogP contribution in [0.3, 0.4) is 0 Å². The summed E-state index contributed by atoms with van der Waals surface area (Å²) < 4.78 is 26.2. The third-order valence-corrected chi connectivity index (χ3v) is 3.10. The Kier molecular flexibility index (Phi) is 17.6. The molecular formula is C18H35N5O7. The third-order valence-electron chi connectivity index (χ3n) is 3.10. The maximum Gasteiger partial charge on any atom is 0.407 e. The average molecular weight is 434 g/mol.